The SMILES string of the molecule is O=C(CCNC(=O)c1cccs1)NCC1(C(=O)O)CCC1. The van der Waals surface area contributed by atoms with Crippen LogP contribution in [0.25, 0.3) is 0 Å². The van der Waals surface area contributed by atoms with Gasteiger partial charge in [0.25, 0.3) is 5.91 Å². The van der Waals surface area contributed by atoms with Gasteiger partial charge in [-0.25, -0.2) is 0 Å². The van der Waals surface area contributed by atoms with Gasteiger partial charge in [0.05, 0.1) is 10.3 Å². The number of carbonyl (C=O) groups excluding carboxylic acids is 2. The molecule has 114 valence electrons. The van der Waals surface area contributed by atoms with Crippen molar-refractivity contribution in [3.05, 3.63) is 22.4 Å². The summed E-state index contributed by atoms with van der Waals surface area (Å²) in [6.45, 7) is 0.405. The fourth-order valence-electron chi connectivity index (χ4n) is 2.21. The summed E-state index contributed by atoms with van der Waals surface area (Å²) in [4.78, 5) is 35.1. The fourth-order valence-corrected chi connectivity index (χ4v) is 2.85. The minimum Gasteiger partial charge on any atom is -0.481 e. The Kier molecular flexibility index (Phi) is 4.95. The average molecular weight is 310 g/mol. The van der Waals surface area contributed by atoms with Crippen LogP contribution in [-0.2, 0) is 9.59 Å². The lowest BCUT2D eigenvalue weighted by Gasteiger charge is -2.37. The predicted molar refractivity (Wildman–Crippen MR) is 78.2 cm³/mol. The average Bonchev–Trinajstić information content (AvgIpc) is 2.90. The van der Waals surface area contributed by atoms with Gasteiger partial charge in [-0.3, -0.25) is 14.4 Å². The maximum absolute atomic E-state index is 11.7. The van der Waals surface area contributed by atoms with Crippen LogP contribution in [0, 0.1) is 5.41 Å². The van der Waals surface area contributed by atoms with Gasteiger partial charge in [0.1, 0.15) is 0 Å². The van der Waals surface area contributed by atoms with Crippen LogP contribution in [0.2, 0.25) is 0 Å². The van der Waals surface area contributed by atoms with Crippen LogP contribution < -0.4 is 10.6 Å². The molecule has 1 saturated carbocycles. The standard InChI is InChI=1S/C14H18N2O4S/c17-11(16-9-14(13(19)20)5-2-6-14)4-7-15-12(18)10-3-1-8-21-10/h1,3,8H,2,4-7,9H2,(H,15,18)(H,16,17)(H,19,20). The third-order valence-corrected chi connectivity index (χ3v) is 4.64. The van der Waals surface area contributed by atoms with E-state index in [2.05, 4.69) is 10.6 Å². The Balaban J connectivity index is 1.66. The highest BCUT2D eigenvalue weighted by Gasteiger charge is 2.44. The topological polar surface area (TPSA) is 95.5 Å². The van der Waals surface area contributed by atoms with Crippen LogP contribution in [-0.4, -0.2) is 36.0 Å². The Morgan fingerprint density at radius 3 is 2.57 bits per heavy atom. The van der Waals surface area contributed by atoms with Crippen molar-refractivity contribution in [1.82, 2.24) is 10.6 Å². The number of amides is 2. The molecule has 21 heavy (non-hydrogen) atoms. The maximum atomic E-state index is 11.7. The molecule has 1 aliphatic carbocycles. The molecule has 1 aliphatic rings. The van der Waals surface area contributed by atoms with Crippen LogP contribution in [0.1, 0.15) is 35.4 Å². The van der Waals surface area contributed by atoms with E-state index in [4.69, 9.17) is 5.11 Å². The Hall–Kier alpha value is -1.89. The summed E-state index contributed by atoms with van der Waals surface area (Å²) in [6.07, 6.45) is 2.25. The first kappa shape index (κ1) is 15.5. The monoisotopic (exact) mass is 310 g/mol. The highest BCUT2D eigenvalue weighted by atomic mass is 32.1. The fraction of sp³-hybridized carbons (Fsp3) is 0.500. The summed E-state index contributed by atoms with van der Waals surface area (Å²) < 4.78 is 0. The molecule has 0 radical (unpaired) electrons. The molecule has 1 fully saturated rings. The van der Waals surface area contributed by atoms with Gasteiger partial charge in [-0.1, -0.05) is 12.5 Å². The normalized spacial score (nSPS) is 15.8. The van der Waals surface area contributed by atoms with Crippen LogP contribution in [0.5, 0.6) is 0 Å². The molecule has 0 saturated heterocycles. The van der Waals surface area contributed by atoms with Gasteiger partial charge in [-0.05, 0) is 24.3 Å². The van der Waals surface area contributed by atoms with E-state index in [0.29, 0.717) is 17.7 Å². The second-order valence-electron chi connectivity index (χ2n) is 5.20. The van der Waals surface area contributed by atoms with Crippen molar-refractivity contribution >= 4 is 29.1 Å². The molecule has 3 N–H and O–H groups in total. The van der Waals surface area contributed by atoms with Crippen LogP contribution in [0.3, 0.4) is 0 Å². The lowest BCUT2D eigenvalue weighted by molar-refractivity contribution is -0.154. The highest BCUT2D eigenvalue weighted by Crippen LogP contribution is 2.40. The van der Waals surface area contributed by atoms with Gasteiger partial charge >= 0.3 is 5.97 Å². The van der Waals surface area contributed by atoms with E-state index in [1.807, 2.05) is 5.38 Å². The van der Waals surface area contributed by atoms with Crippen molar-refractivity contribution in [2.45, 2.75) is 25.7 Å². The van der Waals surface area contributed by atoms with Crippen molar-refractivity contribution in [1.29, 1.82) is 0 Å². The second kappa shape index (κ2) is 6.71. The van der Waals surface area contributed by atoms with Crippen LogP contribution >= 0.6 is 11.3 Å². The van der Waals surface area contributed by atoms with E-state index in [1.165, 1.54) is 11.3 Å². The minimum atomic E-state index is -0.847. The summed E-state index contributed by atoms with van der Waals surface area (Å²) in [5, 5.41) is 16.3. The number of carboxylic acids is 1. The van der Waals surface area contributed by atoms with Crippen molar-refractivity contribution in [2.24, 2.45) is 5.41 Å². The predicted octanol–water partition coefficient (Wildman–Crippen LogP) is 1.24. The Bertz CT molecular complexity index is 523. The van der Waals surface area contributed by atoms with Crippen molar-refractivity contribution in [3.8, 4) is 0 Å². The Labute approximate surface area is 126 Å². The molecule has 0 aromatic carbocycles. The zero-order valence-electron chi connectivity index (χ0n) is 11.6. The number of thiophene rings is 1. The smallest absolute Gasteiger partial charge is 0.311 e. The van der Waals surface area contributed by atoms with Gasteiger partial charge in [-0.2, -0.15) is 0 Å². The Morgan fingerprint density at radius 1 is 1.29 bits per heavy atom. The number of aliphatic carboxylic acids is 1. The van der Waals surface area contributed by atoms with Gasteiger partial charge in [0.2, 0.25) is 5.91 Å². The molecular formula is C14H18N2O4S. The zero-order chi connectivity index (χ0) is 15.3. The number of hydrogen-bond acceptors (Lipinski definition) is 4. The lowest BCUT2D eigenvalue weighted by Crippen LogP contribution is -2.47. The summed E-state index contributed by atoms with van der Waals surface area (Å²) in [7, 11) is 0. The lowest BCUT2D eigenvalue weighted by atomic mass is 9.69. The molecule has 0 spiro atoms. The number of carbonyl (C=O) groups is 3. The third kappa shape index (κ3) is 3.81. The number of rotatable bonds is 7. The summed E-state index contributed by atoms with van der Waals surface area (Å²) >= 11 is 1.34. The molecule has 0 unspecified atom stereocenters. The molecule has 1 aromatic rings. The number of carboxylic acid groups (broad SMARTS) is 1. The van der Waals surface area contributed by atoms with Crippen molar-refractivity contribution in [3.63, 3.8) is 0 Å². The molecule has 2 rings (SSSR count). The summed E-state index contributed by atoms with van der Waals surface area (Å²) in [5.41, 5.74) is -0.782. The van der Waals surface area contributed by atoms with E-state index < -0.39 is 11.4 Å². The number of hydrogen-bond donors (Lipinski definition) is 3. The molecule has 0 bridgehead atoms. The van der Waals surface area contributed by atoms with Gasteiger partial charge in [0.15, 0.2) is 0 Å². The van der Waals surface area contributed by atoms with Gasteiger partial charge in [0, 0.05) is 19.5 Å². The van der Waals surface area contributed by atoms with E-state index in [-0.39, 0.29) is 31.3 Å². The van der Waals surface area contributed by atoms with Crippen molar-refractivity contribution in [2.75, 3.05) is 13.1 Å². The first-order valence-electron chi connectivity index (χ1n) is 6.85. The maximum Gasteiger partial charge on any atom is 0.311 e. The highest BCUT2D eigenvalue weighted by molar-refractivity contribution is 7.12. The molecule has 7 heteroatoms. The van der Waals surface area contributed by atoms with E-state index in [0.717, 1.165) is 6.42 Å². The first-order chi connectivity index (χ1) is 10.0. The second-order valence-corrected chi connectivity index (χ2v) is 6.15. The van der Waals surface area contributed by atoms with Gasteiger partial charge < -0.3 is 15.7 Å². The number of nitrogens with one attached hydrogen (secondary N) is 2. The first-order valence-corrected chi connectivity index (χ1v) is 7.73. The summed E-state index contributed by atoms with van der Waals surface area (Å²) in [6, 6.07) is 3.50. The third-order valence-electron chi connectivity index (χ3n) is 3.77. The largest absolute Gasteiger partial charge is 0.481 e. The van der Waals surface area contributed by atoms with E-state index >= 15 is 0 Å². The van der Waals surface area contributed by atoms with Crippen LogP contribution in [0.15, 0.2) is 17.5 Å². The molecular weight excluding hydrogens is 292 g/mol. The zero-order valence-corrected chi connectivity index (χ0v) is 12.4. The summed E-state index contributed by atoms with van der Waals surface area (Å²) in [5.74, 6) is -1.28. The minimum absolute atomic E-state index is 0.146. The van der Waals surface area contributed by atoms with Crippen LogP contribution in [0.4, 0.5) is 0 Å². The quantitative estimate of drug-likeness (QED) is 0.706. The van der Waals surface area contributed by atoms with E-state index in [9.17, 15) is 14.4 Å². The Morgan fingerprint density at radius 2 is 2.05 bits per heavy atom. The molecule has 2 amide bonds. The molecule has 1 heterocycles. The van der Waals surface area contributed by atoms with Crippen molar-refractivity contribution < 1.29 is 19.5 Å². The molecule has 0 atom stereocenters. The molecule has 1 aromatic heterocycles. The van der Waals surface area contributed by atoms with Gasteiger partial charge in [-0.15, -0.1) is 11.3 Å². The van der Waals surface area contributed by atoms with E-state index in [1.54, 1.807) is 12.1 Å². The molecule has 0 aliphatic heterocycles. The molecule has 6 nitrogen and oxygen atoms in total.